The summed E-state index contributed by atoms with van der Waals surface area (Å²) in [6, 6.07) is 3.32. The second-order valence-corrected chi connectivity index (χ2v) is 6.23. The quantitative estimate of drug-likeness (QED) is 0.686. The molecule has 0 atom stereocenters. The minimum Gasteiger partial charge on any atom is -0.548 e. The maximum atomic E-state index is 12.1. The molecule has 1 aromatic rings. The van der Waals surface area contributed by atoms with Crippen molar-refractivity contribution in [3.63, 3.8) is 0 Å². The van der Waals surface area contributed by atoms with Crippen molar-refractivity contribution in [2.75, 3.05) is 20.8 Å². The van der Waals surface area contributed by atoms with Crippen molar-refractivity contribution >= 4 is 50.9 Å². The van der Waals surface area contributed by atoms with E-state index in [0.29, 0.717) is 38.2 Å². The molecule has 1 heterocycles. The summed E-state index contributed by atoms with van der Waals surface area (Å²) < 4.78 is 11.0. The third-order valence-electron chi connectivity index (χ3n) is 2.91. The van der Waals surface area contributed by atoms with Gasteiger partial charge in [-0.15, -0.1) is 0 Å². The molecule has 0 spiro atoms. The predicted octanol–water partition coefficient (Wildman–Crippen LogP) is 1.25. The molecule has 9 heteroatoms. The molecule has 1 aliphatic heterocycles. The molecule has 0 unspecified atom stereocenters. The van der Waals surface area contributed by atoms with Gasteiger partial charge in [-0.05, 0) is 51.5 Å². The molecule has 0 radical (unpaired) electrons. The minimum atomic E-state index is -1.50. The number of nitrogens with zero attached hydrogens (tertiary/aromatic N) is 1. The van der Waals surface area contributed by atoms with E-state index in [0.717, 1.165) is 0 Å². The highest BCUT2D eigenvalue weighted by Gasteiger charge is 2.35. The number of rotatable bonds is 5. The SMILES string of the molecule is COc1cc(/C=C2\SC(=O)N(CC(=O)[O-])C2=O)cc(Br)c1OC. The van der Waals surface area contributed by atoms with Crippen LogP contribution in [0.1, 0.15) is 5.56 Å². The summed E-state index contributed by atoms with van der Waals surface area (Å²) in [6.07, 6.45) is 1.48. The lowest BCUT2D eigenvalue weighted by Gasteiger charge is -2.12. The third kappa shape index (κ3) is 3.67. The van der Waals surface area contributed by atoms with E-state index in [4.69, 9.17) is 9.47 Å². The zero-order valence-electron chi connectivity index (χ0n) is 12.1. The Morgan fingerprint density at radius 1 is 1.35 bits per heavy atom. The molecule has 7 nitrogen and oxygen atoms in total. The van der Waals surface area contributed by atoms with Gasteiger partial charge < -0.3 is 19.4 Å². The standard InChI is InChI=1S/C14H12BrNO6S/c1-21-9-4-7(3-8(15)12(9)22-2)5-10-13(19)16(6-11(17)18)14(20)23-10/h3-5H,6H2,1-2H3,(H,17,18)/p-1/b10-5-. The van der Waals surface area contributed by atoms with Crippen molar-refractivity contribution in [1.29, 1.82) is 0 Å². The normalized spacial score (nSPS) is 16.1. The minimum absolute atomic E-state index is 0.121. The van der Waals surface area contributed by atoms with Crippen LogP contribution in [0.15, 0.2) is 21.5 Å². The van der Waals surface area contributed by atoms with E-state index in [2.05, 4.69) is 15.9 Å². The van der Waals surface area contributed by atoms with Gasteiger partial charge in [0, 0.05) is 0 Å². The first-order chi connectivity index (χ1) is 10.9. The summed E-state index contributed by atoms with van der Waals surface area (Å²) in [7, 11) is 2.97. The molecule has 122 valence electrons. The van der Waals surface area contributed by atoms with E-state index in [1.54, 1.807) is 12.1 Å². The Morgan fingerprint density at radius 2 is 2.04 bits per heavy atom. The molecule has 0 aliphatic carbocycles. The molecule has 1 saturated heterocycles. The van der Waals surface area contributed by atoms with Crippen molar-refractivity contribution in [3.05, 3.63) is 27.1 Å². The first-order valence-corrected chi connectivity index (χ1v) is 7.85. The predicted molar refractivity (Wildman–Crippen MR) is 84.9 cm³/mol. The molecular formula is C14H11BrNO6S-. The topological polar surface area (TPSA) is 96.0 Å². The van der Waals surface area contributed by atoms with Crippen LogP contribution >= 0.6 is 27.7 Å². The van der Waals surface area contributed by atoms with Gasteiger partial charge >= 0.3 is 0 Å². The fourth-order valence-electron chi connectivity index (χ4n) is 1.94. The number of amides is 2. The molecule has 0 aromatic heterocycles. The van der Waals surface area contributed by atoms with Crippen LogP contribution in [0.25, 0.3) is 6.08 Å². The van der Waals surface area contributed by atoms with Crippen molar-refractivity contribution in [3.8, 4) is 11.5 Å². The summed E-state index contributed by atoms with van der Waals surface area (Å²) in [4.78, 5) is 35.1. The molecule has 2 rings (SSSR count). The van der Waals surface area contributed by atoms with Gasteiger partial charge in [-0.1, -0.05) is 0 Å². The number of imide groups is 1. The Balaban J connectivity index is 2.36. The maximum Gasteiger partial charge on any atom is 0.293 e. The van der Waals surface area contributed by atoms with E-state index < -0.39 is 23.7 Å². The van der Waals surface area contributed by atoms with Crippen molar-refractivity contribution in [1.82, 2.24) is 4.90 Å². The van der Waals surface area contributed by atoms with Gasteiger partial charge in [-0.3, -0.25) is 14.5 Å². The summed E-state index contributed by atoms with van der Waals surface area (Å²) in [5, 5.41) is 9.94. The summed E-state index contributed by atoms with van der Waals surface area (Å²) in [5.41, 5.74) is 0.591. The first kappa shape index (κ1) is 17.4. The van der Waals surface area contributed by atoms with Gasteiger partial charge in [0.2, 0.25) is 0 Å². The smallest absolute Gasteiger partial charge is 0.293 e. The van der Waals surface area contributed by atoms with E-state index in [1.165, 1.54) is 20.3 Å². The number of methoxy groups -OCH3 is 2. The molecule has 1 fully saturated rings. The number of carboxylic acids is 1. The van der Waals surface area contributed by atoms with Crippen molar-refractivity contribution in [2.45, 2.75) is 0 Å². The fraction of sp³-hybridized carbons (Fsp3) is 0.214. The zero-order valence-corrected chi connectivity index (χ0v) is 14.5. The number of hydrogen-bond donors (Lipinski definition) is 0. The van der Waals surface area contributed by atoms with E-state index in [9.17, 15) is 19.5 Å². The molecule has 2 amide bonds. The third-order valence-corrected chi connectivity index (χ3v) is 4.41. The van der Waals surface area contributed by atoms with Crippen LogP contribution in [0.5, 0.6) is 11.5 Å². The molecule has 1 aliphatic rings. The number of ether oxygens (including phenoxy) is 2. The zero-order chi connectivity index (χ0) is 17.1. The van der Waals surface area contributed by atoms with Gasteiger partial charge in [0.1, 0.15) is 0 Å². The molecule has 0 saturated carbocycles. The van der Waals surface area contributed by atoms with Gasteiger partial charge in [0.25, 0.3) is 11.1 Å². The Morgan fingerprint density at radius 3 is 2.61 bits per heavy atom. The lowest BCUT2D eigenvalue weighted by Crippen LogP contribution is -2.40. The van der Waals surface area contributed by atoms with Crippen molar-refractivity contribution in [2.24, 2.45) is 0 Å². The molecule has 1 aromatic carbocycles. The summed E-state index contributed by atoms with van der Waals surface area (Å²) in [5.74, 6) is -1.23. The monoisotopic (exact) mass is 400 g/mol. The number of halogens is 1. The number of carbonyl (C=O) groups is 3. The number of thioether (sulfide) groups is 1. The lowest BCUT2D eigenvalue weighted by molar-refractivity contribution is -0.305. The lowest BCUT2D eigenvalue weighted by atomic mass is 10.2. The largest absolute Gasteiger partial charge is 0.548 e. The van der Waals surface area contributed by atoms with E-state index in [-0.39, 0.29) is 4.91 Å². The van der Waals surface area contributed by atoms with E-state index >= 15 is 0 Å². The fourth-order valence-corrected chi connectivity index (χ4v) is 3.40. The van der Waals surface area contributed by atoms with E-state index in [1.807, 2.05) is 0 Å². The Bertz CT molecular complexity index is 717. The van der Waals surface area contributed by atoms with Crippen LogP contribution in [-0.4, -0.2) is 42.8 Å². The van der Waals surface area contributed by atoms with Crippen LogP contribution in [0.4, 0.5) is 4.79 Å². The van der Waals surface area contributed by atoms with Crippen LogP contribution in [-0.2, 0) is 9.59 Å². The molecule has 0 bridgehead atoms. The average Bonchev–Trinajstić information content (AvgIpc) is 2.73. The molecule has 23 heavy (non-hydrogen) atoms. The van der Waals surface area contributed by atoms with Crippen LogP contribution in [0.2, 0.25) is 0 Å². The first-order valence-electron chi connectivity index (χ1n) is 6.24. The molecule has 0 N–H and O–H groups in total. The summed E-state index contributed by atoms with van der Waals surface area (Å²) >= 11 is 4.00. The second kappa shape index (κ2) is 7.05. The summed E-state index contributed by atoms with van der Waals surface area (Å²) in [6.45, 7) is -0.766. The maximum absolute atomic E-state index is 12.1. The van der Waals surface area contributed by atoms with Crippen LogP contribution in [0, 0.1) is 0 Å². The Labute approximate surface area is 144 Å². The highest BCUT2D eigenvalue weighted by atomic mass is 79.9. The van der Waals surface area contributed by atoms with Gasteiger partial charge in [0.05, 0.1) is 36.1 Å². The number of benzene rings is 1. The number of aliphatic carboxylic acids is 1. The Hall–Kier alpha value is -2.00. The van der Waals surface area contributed by atoms with Gasteiger partial charge in [-0.2, -0.15) is 0 Å². The number of carboxylic acid groups (broad SMARTS) is 1. The van der Waals surface area contributed by atoms with Gasteiger partial charge in [0.15, 0.2) is 11.5 Å². The average molecular weight is 401 g/mol. The Kier molecular flexibility index (Phi) is 5.32. The van der Waals surface area contributed by atoms with Gasteiger partial charge in [-0.25, -0.2) is 0 Å². The highest BCUT2D eigenvalue weighted by Crippen LogP contribution is 2.38. The highest BCUT2D eigenvalue weighted by molar-refractivity contribution is 9.10. The number of hydrogen-bond acceptors (Lipinski definition) is 7. The number of carbonyl (C=O) groups excluding carboxylic acids is 3. The van der Waals surface area contributed by atoms with Crippen LogP contribution in [0.3, 0.4) is 0 Å². The van der Waals surface area contributed by atoms with Crippen molar-refractivity contribution < 1.29 is 29.0 Å². The second-order valence-electron chi connectivity index (χ2n) is 4.38. The molecular weight excluding hydrogens is 390 g/mol. The van der Waals surface area contributed by atoms with Crippen LogP contribution < -0.4 is 14.6 Å².